The Morgan fingerprint density at radius 1 is 1.17 bits per heavy atom. The number of ether oxygens (including phenoxy) is 1. The number of amides is 1. The number of aryl methyl sites for hydroxylation is 1. The number of carbonyl (C=O) groups excluding carboxylic acids is 2. The Morgan fingerprint density at radius 3 is 2.86 bits per heavy atom. The number of aromatic nitrogens is 3. The third-order valence-corrected chi connectivity index (χ3v) is 8.20. The second-order valence-corrected chi connectivity index (χ2v) is 10.6. The van der Waals surface area contributed by atoms with E-state index < -0.39 is 5.97 Å². The number of benzene rings is 1. The molecule has 36 heavy (non-hydrogen) atoms. The number of nitrogens with one attached hydrogen (secondary N) is 1. The Balaban J connectivity index is 1.28. The van der Waals surface area contributed by atoms with Crippen LogP contribution in [0.1, 0.15) is 66.2 Å². The van der Waals surface area contributed by atoms with Gasteiger partial charge in [-0.15, -0.1) is 5.10 Å². The van der Waals surface area contributed by atoms with Crippen molar-refractivity contribution >= 4 is 11.9 Å². The highest BCUT2D eigenvalue weighted by Gasteiger charge is 2.39. The van der Waals surface area contributed by atoms with Gasteiger partial charge in [0.2, 0.25) is 5.91 Å². The Kier molecular flexibility index (Phi) is 7.67. The summed E-state index contributed by atoms with van der Waals surface area (Å²) in [6, 6.07) is 8.74. The van der Waals surface area contributed by atoms with E-state index in [4.69, 9.17) is 4.74 Å². The predicted molar refractivity (Wildman–Crippen MR) is 135 cm³/mol. The zero-order valence-electron chi connectivity index (χ0n) is 21.4. The number of hydrogen-bond donors (Lipinski definition) is 1. The molecule has 9 heteroatoms. The van der Waals surface area contributed by atoms with E-state index in [0.717, 1.165) is 6.54 Å². The Hall–Kier alpha value is -2.78. The number of esters is 1. The van der Waals surface area contributed by atoms with E-state index in [9.17, 15) is 9.59 Å². The molecule has 3 aliphatic rings. The summed E-state index contributed by atoms with van der Waals surface area (Å²) in [6.45, 7) is 6.59. The molecule has 4 atom stereocenters. The monoisotopic (exact) mass is 494 g/mol. The van der Waals surface area contributed by atoms with Crippen LogP contribution in [0.15, 0.2) is 30.5 Å². The largest absolute Gasteiger partial charge is 0.464 e. The highest BCUT2D eigenvalue weighted by molar-refractivity contribution is 5.86. The van der Waals surface area contributed by atoms with Crippen LogP contribution in [0.4, 0.5) is 0 Å². The fourth-order valence-electron chi connectivity index (χ4n) is 6.38. The molecule has 0 radical (unpaired) electrons. The van der Waals surface area contributed by atoms with Gasteiger partial charge in [-0.25, -0.2) is 9.48 Å². The van der Waals surface area contributed by atoms with Gasteiger partial charge in [-0.05, 0) is 63.6 Å². The molecule has 0 bridgehead atoms. The molecular formula is C27H38N6O3. The summed E-state index contributed by atoms with van der Waals surface area (Å²) < 4.78 is 6.49. The maximum atomic E-state index is 13.6. The lowest BCUT2D eigenvalue weighted by Crippen LogP contribution is -2.52. The van der Waals surface area contributed by atoms with Crippen molar-refractivity contribution in [3.8, 4) is 0 Å². The number of fused-ring (bicyclic) bond motifs is 1. The zero-order valence-corrected chi connectivity index (χ0v) is 21.4. The normalized spacial score (nSPS) is 26.9. The molecule has 0 aliphatic carbocycles. The van der Waals surface area contributed by atoms with Gasteiger partial charge < -0.3 is 15.0 Å². The van der Waals surface area contributed by atoms with Gasteiger partial charge in [-0.1, -0.05) is 41.5 Å². The van der Waals surface area contributed by atoms with Gasteiger partial charge >= 0.3 is 5.97 Å². The molecular weight excluding hydrogens is 456 g/mol. The second-order valence-electron chi connectivity index (χ2n) is 10.6. The quantitative estimate of drug-likeness (QED) is 0.592. The molecule has 4 heterocycles. The van der Waals surface area contributed by atoms with E-state index >= 15 is 0 Å². The number of methoxy groups -OCH3 is 1. The predicted octanol–water partition coefficient (Wildman–Crippen LogP) is 2.57. The van der Waals surface area contributed by atoms with Gasteiger partial charge in [-0.3, -0.25) is 9.69 Å². The van der Waals surface area contributed by atoms with Crippen LogP contribution in [-0.4, -0.2) is 82.0 Å². The van der Waals surface area contributed by atoms with Crippen molar-refractivity contribution < 1.29 is 14.3 Å². The van der Waals surface area contributed by atoms with Crippen molar-refractivity contribution in [2.24, 2.45) is 5.92 Å². The van der Waals surface area contributed by atoms with Gasteiger partial charge in [0, 0.05) is 25.7 Å². The van der Waals surface area contributed by atoms with Crippen LogP contribution in [0.2, 0.25) is 0 Å². The molecule has 9 nitrogen and oxygen atoms in total. The average molecular weight is 495 g/mol. The summed E-state index contributed by atoms with van der Waals surface area (Å²) in [6.07, 6.45) is 8.51. The smallest absolute Gasteiger partial charge is 0.360 e. The standard InChI is InChI=1S/C27H38N6O3/c1-19-7-5-8-20(13-19)16-32-17-22(33-18-23(29-30-33)27(35)36-2)14-25(32)26(34)28-15-21-9-6-12-31-11-4-3-10-24(21)31/h5,7-8,13,18,21-22,24-25H,3-4,6,9-12,14-17H2,1-2H3,(H,28,34)/t21-,22-,24+,25-/m0/s1. The first-order valence-corrected chi connectivity index (χ1v) is 13.3. The Morgan fingerprint density at radius 2 is 2.03 bits per heavy atom. The van der Waals surface area contributed by atoms with Crippen molar-refractivity contribution in [2.75, 3.05) is 33.3 Å². The zero-order chi connectivity index (χ0) is 25.1. The van der Waals surface area contributed by atoms with Gasteiger partial charge in [0.1, 0.15) is 0 Å². The van der Waals surface area contributed by atoms with E-state index in [1.54, 1.807) is 10.9 Å². The van der Waals surface area contributed by atoms with Crippen LogP contribution < -0.4 is 5.32 Å². The number of nitrogens with zero attached hydrogens (tertiary/aromatic N) is 5. The Labute approximate surface area is 213 Å². The molecule has 1 aromatic heterocycles. The van der Waals surface area contributed by atoms with Gasteiger partial charge in [0.25, 0.3) is 0 Å². The SMILES string of the molecule is COC(=O)c1cn([C@H]2C[C@@H](C(=O)NC[C@@H]3CCCN4CCCC[C@H]34)N(Cc3cccc(C)c3)C2)nn1. The first-order valence-electron chi connectivity index (χ1n) is 13.3. The lowest BCUT2D eigenvalue weighted by atomic mass is 9.83. The van der Waals surface area contributed by atoms with E-state index in [0.29, 0.717) is 31.5 Å². The molecule has 3 aliphatic heterocycles. The van der Waals surface area contributed by atoms with E-state index in [2.05, 4.69) is 56.6 Å². The van der Waals surface area contributed by atoms with Crippen LogP contribution >= 0.6 is 0 Å². The van der Waals surface area contributed by atoms with Crippen LogP contribution in [0.5, 0.6) is 0 Å². The van der Waals surface area contributed by atoms with Crippen LogP contribution in [0, 0.1) is 12.8 Å². The topological polar surface area (TPSA) is 92.6 Å². The highest BCUT2D eigenvalue weighted by atomic mass is 16.5. The summed E-state index contributed by atoms with van der Waals surface area (Å²) in [7, 11) is 1.33. The molecule has 1 aromatic carbocycles. The second kappa shape index (κ2) is 11.1. The third-order valence-electron chi connectivity index (χ3n) is 8.20. The molecule has 0 unspecified atom stereocenters. The molecule has 0 spiro atoms. The number of carbonyl (C=O) groups is 2. The van der Waals surface area contributed by atoms with Crippen molar-refractivity contribution in [1.82, 2.24) is 30.1 Å². The summed E-state index contributed by atoms with van der Waals surface area (Å²) in [5.74, 6) is 0.115. The highest BCUT2D eigenvalue weighted by Crippen LogP contribution is 2.32. The molecule has 5 rings (SSSR count). The number of piperidine rings is 2. The fraction of sp³-hybridized carbons (Fsp3) is 0.630. The summed E-state index contributed by atoms with van der Waals surface area (Å²) in [5.41, 5.74) is 2.58. The molecule has 1 N–H and O–H groups in total. The summed E-state index contributed by atoms with van der Waals surface area (Å²) in [4.78, 5) is 30.3. The molecule has 2 aromatic rings. The summed E-state index contributed by atoms with van der Waals surface area (Å²) in [5, 5.41) is 11.5. The molecule has 1 amide bonds. The maximum Gasteiger partial charge on any atom is 0.360 e. The maximum absolute atomic E-state index is 13.6. The molecule has 0 saturated carbocycles. The minimum atomic E-state index is -0.505. The van der Waals surface area contributed by atoms with E-state index in [-0.39, 0.29) is 23.7 Å². The average Bonchev–Trinajstić information content (AvgIpc) is 3.54. The molecule has 194 valence electrons. The van der Waals surface area contributed by atoms with Gasteiger partial charge in [0.05, 0.1) is 25.4 Å². The minimum Gasteiger partial charge on any atom is -0.464 e. The Bertz CT molecular complexity index is 1070. The van der Waals surface area contributed by atoms with Crippen molar-refractivity contribution in [1.29, 1.82) is 0 Å². The lowest BCUT2D eigenvalue weighted by molar-refractivity contribution is -0.126. The number of likely N-dealkylation sites (tertiary alicyclic amines) is 1. The number of hydrogen-bond acceptors (Lipinski definition) is 7. The van der Waals surface area contributed by atoms with Gasteiger partial charge in [-0.2, -0.15) is 0 Å². The van der Waals surface area contributed by atoms with Crippen molar-refractivity contribution in [3.63, 3.8) is 0 Å². The van der Waals surface area contributed by atoms with Crippen LogP contribution in [-0.2, 0) is 16.1 Å². The summed E-state index contributed by atoms with van der Waals surface area (Å²) >= 11 is 0. The lowest BCUT2D eigenvalue weighted by Gasteiger charge is -2.44. The van der Waals surface area contributed by atoms with Crippen LogP contribution in [0.25, 0.3) is 0 Å². The third kappa shape index (κ3) is 5.47. The van der Waals surface area contributed by atoms with Crippen molar-refractivity contribution in [3.05, 3.63) is 47.3 Å². The molecule has 3 saturated heterocycles. The van der Waals surface area contributed by atoms with Crippen molar-refractivity contribution in [2.45, 2.75) is 70.1 Å². The van der Waals surface area contributed by atoms with Gasteiger partial charge in [0.15, 0.2) is 5.69 Å². The fourth-order valence-corrected chi connectivity index (χ4v) is 6.38. The van der Waals surface area contributed by atoms with E-state index in [1.165, 1.54) is 63.4 Å². The number of rotatable bonds is 7. The minimum absolute atomic E-state index is 0.0417. The first kappa shape index (κ1) is 24.9. The van der Waals surface area contributed by atoms with E-state index in [1.807, 2.05) is 0 Å². The first-order chi connectivity index (χ1) is 17.5. The molecule has 3 fully saturated rings. The van der Waals surface area contributed by atoms with Crippen LogP contribution in [0.3, 0.4) is 0 Å².